The lowest BCUT2D eigenvalue weighted by atomic mass is 10.1. The van der Waals surface area contributed by atoms with Crippen LogP contribution in [0.5, 0.6) is 5.75 Å². The highest BCUT2D eigenvalue weighted by molar-refractivity contribution is 6.34. The molecule has 1 amide bonds. The molecule has 0 unspecified atom stereocenters. The fraction of sp³-hybridized carbons (Fsp3) is 0.300. The number of rotatable bonds is 7. The Morgan fingerprint density at radius 3 is 2.76 bits per heavy atom. The van der Waals surface area contributed by atoms with E-state index in [1.54, 1.807) is 12.1 Å². The zero-order chi connectivity index (χ0) is 20.6. The molecule has 7 nitrogen and oxygen atoms in total. The number of pyridine rings is 1. The zero-order valence-corrected chi connectivity index (χ0v) is 16.7. The summed E-state index contributed by atoms with van der Waals surface area (Å²) < 4.78 is 18.9. The summed E-state index contributed by atoms with van der Waals surface area (Å²) in [5.41, 5.74) is 4.76. The number of hydrogen-bond acceptors (Lipinski definition) is 5. The fourth-order valence-corrected chi connectivity index (χ4v) is 3.54. The van der Waals surface area contributed by atoms with Gasteiger partial charge in [0, 0.05) is 22.2 Å². The Morgan fingerprint density at radius 2 is 2.10 bits per heavy atom. The predicted molar refractivity (Wildman–Crippen MR) is 107 cm³/mol. The molecular weight excluding hydrogens is 399 g/mol. The molecule has 0 aliphatic heterocycles. The predicted octanol–water partition coefficient (Wildman–Crippen LogP) is 3.33. The molecule has 152 valence electrons. The normalized spacial score (nSPS) is 14.8. The van der Waals surface area contributed by atoms with Crippen LogP contribution < -0.4 is 15.5 Å². The van der Waals surface area contributed by atoms with Crippen molar-refractivity contribution in [1.29, 1.82) is 0 Å². The van der Waals surface area contributed by atoms with Crippen molar-refractivity contribution in [2.75, 3.05) is 14.2 Å². The minimum Gasteiger partial charge on any atom is -0.492 e. The van der Waals surface area contributed by atoms with Crippen molar-refractivity contribution in [1.82, 2.24) is 20.8 Å². The quantitative estimate of drug-likeness (QED) is 0.404. The smallest absolute Gasteiger partial charge is 0.255 e. The highest BCUT2D eigenvalue weighted by Gasteiger charge is 2.50. The van der Waals surface area contributed by atoms with Crippen LogP contribution in [0.1, 0.15) is 18.5 Å². The average Bonchev–Trinajstić information content (AvgIpc) is 3.38. The van der Waals surface area contributed by atoms with Crippen molar-refractivity contribution in [3.63, 3.8) is 0 Å². The number of fused-ring (bicyclic) bond motifs is 1. The molecule has 0 saturated heterocycles. The first-order chi connectivity index (χ1) is 14.0. The maximum Gasteiger partial charge on any atom is 0.255 e. The first kappa shape index (κ1) is 19.6. The highest BCUT2D eigenvalue weighted by Crippen LogP contribution is 2.36. The van der Waals surface area contributed by atoms with Gasteiger partial charge in [0.1, 0.15) is 5.54 Å². The summed E-state index contributed by atoms with van der Waals surface area (Å²) in [4.78, 5) is 24.4. The van der Waals surface area contributed by atoms with Crippen molar-refractivity contribution in [2.45, 2.75) is 24.9 Å². The Kier molecular flexibility index (Phi) is 5.16. The molecule has 2 heterocycles. The maximum atomic E-state index is 14.0. The number of carbonyl (C=O) groups excluding carboxylic acids is 1. The Morgan fingerprint density at radius 1 is 1.31 bits per heavy atom. The van der Waals surface area contributed by atoms with Crippen molar-refractivity contribution >= 4 is 28.4 Å². The van der Waals surface area contributed by atoms with E-state index in [0.717, 1.165) is 29.4 Å². The van der Waals surface area contributed by atoms with E-state index in [1.165, 1.54) is 20.3 Å². The largest absolute Gasteiger partial charge is 0.492 e. The Labute approximate surface area is 171 Å². The summed E-state index contributed by atoms with van der Waals surface area (Å²) in [6, 6.07) is 8.67. The van der Waals surface area contributed by atoms with Crippen LogP contribution in [0.15, 0.2) is 30.3 Å². The number of methoxy groups -OCH3 is 1. The van der Waals surface area contributed by atoms with Gasteiger partial charge in [0.05, 0.1) is 31.5 Å². The average molecular weight is 419 g/mol. The Hall–Kier alpha value is -2.68. The van der Waals surface area contributed by atoms with Crippen molar-refractivity contribution in [2.24, 2.45) is 0 Å². The molecule has 1 aliphatic rings. The van der Waals surface area contributed by atoms with E-state index < -0.39 is 11.5 Å². The number of aromatic amines is 1. The van der Waals surface area contributed by atoms with E-state index >= 15 is 0 Å². The van der Waals surface area contributed by atoms with Crippen LogP contribution in [0.25, 0.3) is 22.2 Å². The molecule has 0 atom stereocenters. The van der Waals surface area contributed by atoms with Crippen LogP contribution >= 0.6 is 11.6 Å². The number of aromatic nitrogens is 2. The molecule has 1 saturated carbocycles. The van der Waals surface area contributed by atoms with E-state index in [4.69, 9.17) is 21.2 Å². The molecule has 0 radical (unpaired) electrons. The second-order valence-electron chi connectivity index (χ2n) is 6.97. The molecule has 0 bridgehead atoms. The van der Waals surface area contributed by atoms with E-state index in [0.29, 0.717) is 22.8 Å². The van der Waals surface area contributed by atoms with Gasteiger partial charge in [-0.2, -0.15) is 9.87 Å². The number of halogens is 2. The second-order valence-corrected chi connectivity index (χ2v) is 7.38. The molecule has 1 aromatic carbocycles. The summed E-state index contributed by atoms with van der Waals surface area (Å²) in [6.45, 7) is 0.336. The molecule has 4 rings (SSSR count). The van der Waals surface area contributed by atoms with Crippen LogP contribution in [0.2, 0.25) is 5.02 Å². The SMILES string of the molecule is CONC1(C(=O)NCc2cc3cc(Cl)c(-c4ccc(OC)c(F)n4)cc3[nH]2)CC1. The van der Waals surface area contributed by atoms with Gasteiger partial charge in [-0.05, 0) is 43.2 Å². The topological polar surface area (TPSA) is 88.3 Å². The standard InChI is InChI=1S/C20H20ClFN4O3/c1-28-17-4-3-15(25-18(17)22)13-9-16-11(8-14(13)21)7-12(24-16)10-23-19(27)20(5-6-20)26-29-2/h3-4,7-9,24,26H,5-6,10H2,1-2H3,(H,23,27). The van der Waals surface area contributed by atoms with Crippen LogP contribution in [0.3, 0.4) is 0 Å². The fourth-order valence-electron chi connectivity index (χ4n) is 3.27. The zero-order valence-electron chi connectivity index (χ0n) is 15.9. The van der Waals surface area contributed by atoms with Crippen molar-refractivity contribution < 1.29 is 18.8 Å². The van der Waals surface area contributed by atoms with Crippen LogP contribution in [0.4, 0.5) is 4.39 Å². The summed E-state index contributed by atoms with van der Waals surface area (Å²) in [5.74, 6) is -0.732. The third-order valence-corrected chi connectivity index (χ3v) is 5.31. The number of hydrogen-bond donors (Lipinski definition) is 3. The molecule has 3 N–H and O–H groups in total. The number of H-pyrrole nitrogens is 1. The summed E-state index contributed by atoms with van der Waals surface area (Å²) in [7, 11) is 2.88. The molecule has 1 aliphatic carbocycles. The molecule has 3 aromatic rings. The first-order valence-electron chi connectivity index (χ1n) is 9.06. The monoisotopic (exact) mass is 418 g/mol. The maximum absolute atomic E-state index is 14.0. The van der Waals surface area contributed by atoms with E-state index in [9.17, 15) is 9.18 Å². The molecule has 29 heavy (non-hydrogen) atoms. The van der Waals surface area contributed by atoms with Gasteiger partial charge >= 0.3 is 0 Å². The van der Waals surface area contributed by atoms with Crippen LogP contribution in [-0.4, -0.2) is 35.6 Å². The molecule has 9 heteroatoms. The number of benzene rings is 1. The minimum absolute atomic E-state index is 0.0697. The second kappa shape index (κ2) is 7.62. The van der Waals surface area contributed by atoms with Crippen LogP contribution in [-0.2, 0) is 16.2 Å². The summed E-state index contributed by atoms with van der Waals surface area (Å²) >= 11 is 6.40. The van der Waals surface area contributed by atoms with Crippen molar-refractivity contribution in [3.8, 4) is 17.0 Å². The minimum atomic E-state index is -0.699. The van der Waals surface area contributed by atoms with Gasteiger partial charge in [-0.1, -0.05) is 11.6 Å². The molecule has 1 fully saturated rings. The molecular formula is C20H20ClFN4O3. The third kappa shape index (κ3) is 3.78. The molecule has 2 aromatic heterocycles. The number of carbonyl (C=O) groups is 1. The number of amides is 1. The Bertz CT molecular complexity index is 1080. The lowest BCUT2D eigenvalue weighted by Gasteiger charge is -2.14. The Balaban J connectivity index is 1.55. The molecule has 0 spiro atoms. The highest BCUT2D eigenvalue weighted by atomic mass is 35.5. The van der Waals surface area contributed by atoms with Gasteiger partial charge in [-0.15, -0.1) is 0 Å². The van der Waals surface area contributed by atoms with Gasteiger partial charge in [-0.25, -0.2) is 4.98 Å². The van der Waals surface area contributed by atoms with E-state index in [-0.39, 0.29) is 11.7 Å². The summed E-state index contributed by atoms with van der Waals surface area (Å²) in [6.07, 6.45) is 1.48. The third-order valence-electron chi connectivity index (χ3n) is 5.00. The van der Waals surface area contributed by atoms with Crippen molar-refractivity contribution in [3.05, 3.63) is 47.0 Å². The number of ether oxygens (including phenoxy) is 1. The first-order valence-corrected chi connectivity index (χ1v) is 9.44. The lowest BCUT2D eigenvalue weighted by Crippen LogP contribution is -2.45. The van der Waals surface area contributed by atoms with Gasteiger partial charge in [0.15, 0.2) is 5.75 Å². The van der Waals surface area contributed by atoms with Crippen LogP contribution in [0, 0.1) is 5.95 Å². The van der Waals surface area contributed by atoms with Gasteiger partial charge in [-0.3, -0.25) is 4.79 Å². The number of hydroxylamine groups is 1. The van der Waals surface area contributed by atoms with Gasteiger partial charge in [0.2, 0.25) is 5.91 Å². The van der Waals surface area contributed by atoms with Gasteiger partial charge in [0.25, 0.3) is 5.95 Å². The lowest BCUT2D eigenvalue weighted by molar-refractivity contribution is -0.128. The van der Waals surface area contributed by atoms with Gasteiger partial charge < -0.3 is 19.9 Å². The number of nitrogens with one attached hydrogen (secondary N) is 3. The number of nitrogens with zero attached hydrogens (tertiary/aromatic N) is 1. The van der Waals surface area contributed by atoms with E-state index in [2.05, 4.69) is 20.8 Å². The van der Waals surface area contributed by atoms with E-state index in [1.807, 2.05) is 12.1 Å². The summed E-state index contributed by atoms with van der Waals surface area (Å²) in [5, 5.41) is 4.24.